The highest BCUT2D eigenvalue weighted by molar-refractivity contribution is 5.16. The van der Waals surface area contributed by atoms with E-state index in [9.17, 15) is 10.2 Å². The molecule has 0 spiro atoms. The molecule has 0 bridgehead atoms. The molecule has 7 nitrogen and oxygen atoms in total. The summed E-state index contributed by atoms with van der Waals surface area (Å²) in [6.45, 7) is 15.1. The van der Waals surface area contributed by atoms with Crippen LogP contribution in [0.3, 0.4) is 0 Å². The Morgan fingerprint density at radius 1 is 0.674 bits per heavy atom. The maximum Gasteiger partial charge on any atom is 0.189 e. The predicted molar refractivity (Wildman–Crippen MR) is 171 cm³/mol. The molecule has 4 rings (SSSR count). The zero-order valence-corrected chi connectivity index (χ0v) is 27.3. The van der Waals surface area contributed by atoms with Crippen molar-refractivity contribution in [2.75, 3.05) is 13.2 Å². The molecule has 2 saturated heterocycles. The summed E-state index contributed by atoms with van der Waals surface area (Å²) in [5.41, 5.74) is 2.46. The van der Waals surface area contributed by atoms with Crippen molar-refractivity contribution >= 4 is 0 Å². The van der Waals surface area contributed by atoms with Crippen molar-refractivity contribution in [3.63, 3.8) is 0 Å². The first-order valence-corrected chi connectivity index (χ1v) is 16.5. The van der Waals surface area contributed by atoms with E-state index in [0.717, 1.165) is 38.8 Å². The molecular weight excluding hydrogens is 540 g/mol. The van der Waals surface area contributed by atoms with Gasteiger partial charge in [-0.3, -0.25) is 9.80 Å². The van der Waals surface area contributed by atoms with Crippen LogP contribution in [-0.2, 0) is 27.3 Å². The lowest BCUT2D eigenvalue weighted by atomic mass is 9.87. The molecule has 0 aromatic heterocycles. The average Bonchev–Trinajstić information content (AvgIpc) is 2.95. The molecule has 0 aliphatic carbocycles. The molecule has 240 valence electrons. The van der Waals surface area contributed by atoms with Crippen molar-refractivity contribution < 1.29 is 24.4 Å². The monoisotopic (exact) mass is 596 g/mol. The molecule has 2 heterocycles. The SMILES string of the molecule is CC(O)CC1(OC2(CC(C)O)OCCCC2N(Cc2ccccc2)C(C)C)OCCCC1N(Cc1ccccc1)C(C)C. The van der Waals surface area contributed by atoms with Crippen LogP contribution in [0.15, 0.2) is 60.7 Å². The van der Waals surface area contributed by atoms with E-state index in [1.807, 2.05) is 26.0 Å². The Morgan fingerprint density at radius 2 is 1.05 bits per heavy atom. The van der Waals surface area contributed by atoms with Crippen molar-refractivity contribution in [2.24, 2.45) is 0 Å². The molecule has 0 amide bonds. The van der Waals surface area contributed by atoms with Crippen LogP contribution >= 0.6 is 0 Å². The highest BCUT2D eigenvalue weighted by Crippen LogP contribution is 2.45. The number of nitrogens with zero attached hydrogens (tertiary/aromatic N) is 2. The maximum atomic E-state index is 11.0. The summed E-state index contributed by atoms with van der Waals surface area (Å²) in [6.07, 6.45) is 2.91. The van der Waals surface area contributed by atoms with E-state index in [1.54, 1.807) is 0 Å². The highest BCUT2D eigenvalue weighted by atomic mass is 16.8. The molecule has 2 N–H and O–H groups in total. The molecule has 7 heteroatoms. The van der Waals surface area contributed by atoms with E-state index >= 15 is 0 Å². The van der Waals surface area contributed by atoms with Gasteiger partial charge in [0.2, 0.25) is 0 Å². The fourth-order valence-electron chi connectivity index (χ4n) is 7.19. The molecule has 0 radical (unpaired) electrons. The summed E-state index contributed by atoms with van der Waals surface area (Å²) in [7, 11) is 0. The smallest absolute Gasteiger partial charge is 0.189 e. The minimum Gasteiger partial charge on any atom is -0.393 e. The van der Waals surface area contributed by atoms with Gasteiger partial charge in [0.05, 0.1) is 37.5 Å². The van der Waals surface area contributed by atoms with E-state index in [2.05, 4.69) is 86.0 Å². The van der Waals surface area contributed by atoms with Gasteiger partial charge in [-0.1, -0.05) is 60.7 Å². The lowest BCUT2D eigenvalue weighted by Crippen LogP contribution is -2.68. The quantitative estimate of drug-likeness (QED) is 0.272. The zero-order chi connectivity index (χ0) is 31.0. The third kappa shape index (κ3) is 8.66. The van der Waals surface area contributed by atoms with E-state index in [4.69, 9.17) is 14.2 Å². The average molecular weight is 597 g/mol. The van der Waals surface area contributed by atoms with Gasteiger partial charge in [0.25, 0.3) is 0 Å². The van der Waals surface area contributed by atoms with Gasteiger partial charge in [-0.05, 0) is 78.4 Å². The summed E-state index contributed by atoms with van der Waals surface area (Å²) < 4.78 is 21.0. The largest absolute Gasteiger partial charge is 0.393 e. The van der Waals surface area contributed by atoms with Crippen LogP contribution in [0.1, 0.15) is 91.2 Å². The summed E-state index contributed by atoms with van der Waals surface area (Å²) in [6, 6.07) is 21.3. The second-order valence-corrected chi connectivity index (χ2v) is 13.3. The Labute approximate surface area is 260 Å². The van der Waals surface area contributed by atoms with Gasteiger partial charge in [-0.15, -0.1) is 0 Å². The highest BCUT2D eigenvalue weighted by Gasteiger charge is 2.57. The first kappa shape index (κ1) is 34.0. The topological polar surface area (TPSA) is 74.6 Å². The molecule has 2 aromatic rings. The van der Waals surface area contributed by atoms with Crippen molar-refractivity contribution in [3.05, 3.63) is 71.8 Å². The summed E-state index contributed by atoms with van der Waals surface area (Å²) in [5, 5.41) is 21.9. The minimum atomic E-state index is -1.12. The lowest BCUT2D eigenvalue weighted by molar-refractivity contribution is -0.414. The van der Waals surface area contributed by atoms with Gasteiger partial charge in [-0.2, -0.15) is 0 Å². The van der Waals surface area contributed by atoms with Gasteiger partial charge in [0.15, 0.2) is 11.6 Å². The lowest BCUT2D eigenvalue weighted by Gasteiger charge is -2.57. The fraction of sp³-hybridized carbons (Fsp3) is 0.667. The van der Waals surface area contributed by atoms with Crippen LogP contribution in [0.4, 0.5) is 0 Å². The predicted octanol–water partition coefficient (Wildman–Crippen LogP) is 6.12. The van der Waals surface area contributed by atoms with Crippen LogP contribution in [0.2, 0.25) is 0 Å². The number of hydrogen-bond acceptors (Lipinski definition) is 7. The molecule has 2 aliphatic rings. The Balaban J connectivity index is 1.79. The molecule has 6 unspecified atom stereocenters. The standard InChI is InChI=1S/C36H56N2O5/c1-27(2)37(25-31-15-9-7-10-16-31)33-19-13-21-41-35(33,23-29(5)39)43-36(24-30(6)40)34(20-14-22-42-36)38(28(3)4)26-32-17-11-8-12-18-32/h7-12,15-18,27-30,33-34,39-40H,13-14,19-26H2,1-6H3. The molecule has 2 fully saturated rings. The fourth-order valence-corrected chi connectivity index (χ4v) is 7.19. The number of hydrogen-bond donors (Lipinski definition) is 2. The van der Waals surface area contributed by atoms with Crippen molar-refractivity contribution in [2.45, 2.75) is 141 Å². The molecule has 0 saturated carbocycles. The summed E-state index contributed by atoms with van der Waals surface area (Å²) in [5.74, 6) is -2.24. The number of ether oxygens (including phenoxy) is 3. The van der Waals surface area contributed by atoms with Crippen LogP contribution in [-0.4, -0.2) is 81.2 Å². The summed E-state index contributed by atoms with van der Waals surface area (Å²) >= 11 is 0. The normalized spacial score (nSPS) is 28.1. The van der Waals surface area contributed by atoms with Gasteiger partial charge in [0, 0.05) is 38.0 Å². The third-order valence-electron chi connectivity index (χ3n) is 9.00. The third-order valence-corrected chi connectivity index (χ3v) is 9.00. The van der Waals surface area contributed by atoms with E-state index in [0.29, 0.717) is 26.1 Å². The van der Waals surface area contributed by atoms with Crippen molar-refractivity contribution in [1.82, 2.24) is 9.80 Å². The Hall–Kier alpha value is -1.84. The number of aliphatic hydroxyl groups is 2. The Morgan fingerprint density at radius 3 is 1.37 bits per heavy atom. The first-order valence-electron chi connectivity index (χ1n) is 16.5. The number of rotatable bonds is 14. The molecule has 2 aliphatic heterocycles. The van der Waals surface area contributed by atoms with Crippen LogP contribution in [0.5, 0.6) is 0 Å². The van der Waals surface area contributed by atoms with Gasteiger partial charge >= 0.3 is 0 Å². The van der Waals surface area contributed by atoms with Crippen molar-refractivity contribution in [1.29, 1.82) is 0 Å². The zero-order valence-electron chi connectivity index (χ0n) is 27.3. The van der Waals surface area contributed by atoms with Crippen LogP contribution < -0.4 is 0 Å². The van der Waals surface area contributed by atoms with Gasteiger partial charge in [0.1, 0.15) is 0 Å². The van der Waals surface area contributed by atoms with E-state index in [-0.39, 0.29) is 24.2 Å². The summed E-state index contributed by atoms with van der Waals surface area (Å²) in [4.78, 5) is 4.93. The Kier molecular flexibility index (Phi) is 12.2. The van der Waals surface area contributed by atoms with Crippen LogP contribution in [0, 0.1) is 0 Å². The van der Waals surface area contributed by atoms with Crippen molar-refractivity contribution in [3.8, 4) is 0 Å². The first-order chi connectivity index (χ1) is 20.5. The molecular formula is C36H56N2O5. The second-order valence-electron chi connectivity index (χ2n) is 13.3. The second kappa shape index (κ2) is 15.4. The maximum absolute atomic E-state index is 11.0. The van der Waals surface area contributed by atoms with Gasteiger partial charge in [-0.25, -0.2) is 0 Å². The number of benzene rings is 2. The molecule has 43 heavy (non-hydrogen) atoms. The van der Waals surface area contributed by atoms with E-state index in [1.165, 1.54) is 11.1 Å². The van der Waals surface area contributed by atoms with Crippen LogP contribution in [0.25, 0.3) is 0 Å². The number of aliphatic hydroxyl groups excluding tert-OH is 2. The minimum absolute atomic E-state index is 0.116. The van der Waals surface area contributed by atoms with E-state index < -0.39 is 23.8 Å². The van der Waals surface area contributed by atoms with Gasteiger partial charge < -0.3 is 24.4 Å². The molecule has 2 aromatic carbocycles. The Bertz CT molecular complexity index is 996. The molecule has 6 atom stereocenters.